The van der Waals surface area contributed by atoms with E-state index in [-0.39, 0.29) is 12.5 Å². The van der Waals surface area contributed by atoms with Gasteiger partial charge in [-0.3, -0.25) is 4.79 Å². The van der Waals surface area contributed by atoms with Crippen molar-refractivity contribution in [2.24, 2.45) is 5.10 Å². The van der Waals surface area contributed by atoms with Crippen LogP contribution in [0.4, 0.5) is 0 Å². The zero-order valence-electron chi connectivity index (χ0n) is 12.5. The summed E-state index contributed by atoms with van der Waals surface area (Å²) in [6, 6.07) is 15.9. The maximum Gasteiger partial charge on any atom is 0.277 e. The zero-order valence-corrected chi connectivity index (χ0v) is 12.5. The highest BCUT2D eigenvalue weighted by molar-refractivity contribution is 5.83. The van der Waals surface area contributed by atoms with Gasteiger partial charge in [0.05, 0.1) is 25.0 Å². The number of hydrogen-bond donors (Lipinski definition) is 1. The molecule has 0 heterocycles. The predicted octanol–water partition coefficient (Wildman–Crippen LogP) is 2.10. The first-order chi connectivity index (χ1) is 11.2. The van der Waals surface area contributed by atoms with Gasteiger partial charge >= 0.3 is 0 Å². The molecular formula is C17H15N3O3. The lowest BCUT2D eigenvalue weighted by Gasteiger charge is -2.09. The molecule has 0 spiro atoms. The van der Waals surface area contributed by atoms with Crippen LogP contribution >= 0.6 is 0 Å². The minimum absolute atomic E-state index is 0.176. The Kier molecular flexibility index (Phi) is 5.72. The van der Waals surface area contributed by atoms with E-state index in [0.717, 1.165) is 5.56 Å². The molecule has 0 aromatic heterocycles. The quantitative estimate of drug-likeness (QED) is 0.654. The van der Waals surface area contributed by atoms with Gasteiger partial charge in [-0.25, -0.2) is 5.43 Å². The molecule has 0 radical (unpaired) electrons. The molecule has 0 fully saturated rings. The van der Waals surface area contributed by atoms with Gasteiger partial charge in [-0.2, -0.15) is 10.4 Å². The van der Waals surface area contributed by atoms with Crippen LogP contribution in [0.15, 0.2) is 53.6 Å². The van der Waals surface area contributed by atoms with Crippen molar-refractivity contribution < 1.29 is 14.3 Å². The van der Waals surface area contributed by atoms with Crippen LogP contribution in [-0.4, -0.2) is 25.8 Å². The Morgan fingerprint density at radius 1 is 1.22 bits per heavy atom. The summed E-state index contributed by atoms with van der Waals surface area (Å²) >= 11 is 0. The van der Waals surface area contributed by atoms with E-state index >= 15 is 0 Å². The summed E-state index contributed by atoms with van der Waals surface area (Å²) in [5.74, 6) is 0.656. The van der Waals surface area contributed by atoms with Crippen molar-refractivity contribution in [3.8, 4) is 17.6 Å². The van der Waals surface area contributed by atoms with Crippen LogP contribution in [0.3, 0.4) is 0 Å². The minimum atomic E-state index is -0.388. The van der Waals surface area contributed by atoms with E-state index in [1.54, 1.807) is 42.5 Å². The average Bonchev–Trinajstić information content (AvgIpc) is 2.60. The number of methoxy groups -OCH3 is 1. The molecule has 2 aromatic rings. The average molecular weight is 309 g/mol. The standard InChI is InChI=1S/C17H15N3O3/c1-22-15-4-2-3-5-16(15)23-12-17(21)20-19-11-14-8-6-13(10-18)7-9-14/h2-9,11H,12H2,1H3,(H,20,21)/b19-11+. The third-order valence-corrected chi connectivity index (χ3v) is 2.87. The monoisotopic (exact) mass is 309 g/mol. The first kappa shape index (κ1) is 16.0. The third kappa shape index (κ3) is 4.86. The third-order valence-electron chi connectivity index (χ3n) is 2.87. The maximum atomic E-state index is 11.7. The van der Waals surface area contributed by atoms with Gasteiger partial charge in [-0.1, -0.05) is 24.3 Å². The van der Waals surface area contributed by atoms with E-state index in [1.165, 1.54) is 13.3 Å². The SMILES string of the molecule is COc1ccccc1OCC(=O)N/N=C/c1ccc(C#N)cc1. The summed E-state index contributed by atoms with van der Waals surface area (Å²) in [5.41, 5.74) is 3.71. The molecule has 1 N–H and O–H groups in total. The largest absolute Gasteiger partial charge is 0.493 e. The molecule has 0 aliphatic carbocycles. The number of rotatable bonds is 6. The van der Waals surface area contributed by atoms with Crippen molar-refractivity contribution in [2.45, 2.75) is 0 Å². The van der Waals surface area contributed by atoms with E-state index in [0.29, 0.717) is 17.1 Å². The summed E-state index contributed by atoms with van der Waals surface area (Å²) in [4.78, 5) is 11.7. The number of benzene rings is 2. The van der Waals surface area contributed by atoms with Gasteiger partial charge in [0.25, 0.3) is 5.91 Å². The molecule has 6 nitrogen and oxygen atoms in total. The van der Waals surface area contributed by atoms with Crippen molar-refractivity contribution in [2.75, 3.05) is 13.7 Å². The van der Waals surface area contributed by atoms with Crippen LogP contribution in [-0.2, 0) is 4.79 Å². The maximum absolute atomic E-state index is 11.7. The molecule has 0 bridgehead atoms. The fourth-order valence-electron chi connectivity index (χ4n) is 1.74. The Morgan fingerprint density at radius 3 is 2.57 bits per heavy atom. The predicted molar refractivity (Wildman–Crippen MR) is 85.4 cm³/mol. The topological polar surface area (TPSA) is 83.7 Å². The summed E-state index contributed by atoms with van der Waals surface area (Å²) in [6.45, 7) is -0.176. The van der Waals surface area contributed by atoms with Crippen molar-refractivity contribution in [1.82, 2.24) is 5.43 Å². The first-order valence-corrected chi connectivity index (χ1v) is 6.81. The molecule has 0 saturated heterocycles. The lowest BCUT2D eigenvalue weighted by atomic mass is 10.2. The number of nitriles is 1. The fraction of sp³-hybridized carbons (Fsp3) is 0.118. The highest BCUT2D eigenvalue weighted by atomic mass is 16.5. The van der Waals surface area contributed by atoms with E-state index in [9.17, 15) is 4.79 Å². The Hall–Kier alpha value is -3.33. The molecule has 0 atom stereocenters. The van der Waals surface area contributed by atoms with Crippen molar-refractivity contribution in [3.63, 3.8) is 0 Å². The van der Waals surface area contributed by atoms with Gasteiger partial charge in [0.1, 0.15) is 0 Å². The zero-order chi connectivity index (χ0) is 16.5. The van der Waals surface area contributed by atoms with Crippen molar-refractivity contribution in [3.05, 3.63) is 59.7 Å². The van der Waals surface area contributed by atoms with Gasteiger partial charge < -0.3 is 9.47 Å². The van der Waals surface area contributed by atoms with E-state index in [2.05, 4.69) is 10.5 Å². The lowest BCUT2D eigenvalue weighted by Crippen LogP contribution is -2.24. The van der Waals surface area contributed by atoms with Crippen molar-refractivity contribution >= 4 is 12.1 Å². The smallest absolute Gasteiger partial charge is 0.277 e. The number of para-hydroxylation sites is 2. The normalized spacial score (nSPS) is 10.1. The van der Waals surface area contributed by atoms with Crippen LogP contribution in [0.2, 0.25) is 0 Å². The number of carbonyl (C=O) groups is 1. The highest BCUT2D eigenvalue weighted by Gasteiger charge is 2.05. The summed E-state index contributed by atoms with van der Waals surface area (Å²) < 4.78 is 10.5. The van der Waals surface area contributed by atoms with E-state index < -0.39 is 0 Å². The lowest BCUT2D eigenvalue weighted by molar-refractivity contribution is -0.123. The Morgan fingerprint density at radius 2 is 1.91 bits per heavy atom. The number of ether oxygens (including phenoxy) is 2. The molecule has 0 unspecified atom stereocenters. The highest BCUT2D eigenvalue weighted by Crippen LogP contribution is 2.25. The molecule has 0 saturated carbocycles. The molecular weight excluding hydrogens is 294 g/mol. The van der Waals surface area contributed by atoms with Crippen molar-refractivity contribution in [1.29, 1.82) is 5.26 Å². The van der Waals surface area contributed by atoms with E-state index in [4.69, 9.17) is 14.7 Å². The first-order valence-electron chi connectivity index (χ1n) is 6.81. The number of amides is 1. The molecule has 116 valence electrons. The number of nitrogens with zero attached hydrogens (tertiary/aromatic N) is 2. The molecule has 2 rings (SSSR count). The molecule has 0 aliphatic rings. The van der Waals surface area contributed by atoms with Crippen LogP contribution in [0, 0.1) is 11.3 Å². The number of nitrogens with one attached hydrogen (secondary N) is 1. The van der Waals surface area contributed by atoms with Gasteiger partial charge in [0, 0.05) is 0 Å². The van der Waals surface area contributed by atoms with Crippen LogP contribution < -0.4 is 14.9 Å². The number of hydrazone groups is 1. The van der Waals surface area contributed by atoms with E-state index in [1.807, 2.05) is 12.1 Å². The molecule has 0 aliphatic heterocycles. The molecule has 23 heavy (non-hydrogen) atoms. The van der Waals surface area contributed by atoms with Crippen LogP contribution in [0.25, 0.3) is 0 Å². The molecule has 1 amide bonds. The van der Waals surface area contributed by atoms with Crippen LogP contribution in [0.5, 0.6) is 11.5 Å². The Balaban J connectivity index is 1.82. The minimum Gasteiger partial charge on any atom is -0.493 e. The summed E-state index contributed by atoms with van der Waals surface area (Å²) in [6.07, 6.45) is 1.49. The van der Waals surface area contributed by atoms with Gasteiger partial charge in [0.15, 0.2) is 18.1 Å². The number of carbonyl (C=O) groups excluding carboxylic acids is 1. The molecule has 2 aromatic carbocycles. The number of hydrogen-bond acceptors (Lipinski definition) is 5. The Labute approximate surface area is 134 Å². The van der Waals surface area contributed by atoms with Gasteiger partial charge in [-0.15, -0.1) is 0 Å². The summed E-state index contributed by atoms with van der Waals surface area (Å²) in [5, 5.41) is 12.5. The fourth-order valence-corrected chi connectivity index (χ4v) is 1.74. The van der Waals surface area contributed by atoms with Gasteiger partial charge in [-0.05, 0) is 29.8 Å². The van der Waals surface area contributed by atoms with Gasteiger partial charge in [0.2, 0.25) is 0 Å². The second kappa shape index (κ2) is 8.20. The van der Waals surface area contributed by atoms with Crippen LogP contribution in [0.1, 0.15) is 11.1 Å². The second-order valence-corrected chi connectivity index (χ2v) is 4.47. The Bertz CT molecular complexity index is 733. The molecule has 6 heteroatoms. The summed E-state index contributed by atoms with van der Waals surface area (Å²) in [7, 11) is 1.53. The second-order valence-electron chi connectivity index (χ2n) is 4.47.